The first-order valence-corrected chi connectivity index (χ1v) is 7.01. The topological polar surface area (TPSA) is 29.9 Å². The van der Waals surface area contributed by atoms with E-state index in [4.69, 9.17) is 4.98 Å². The van der Waals surface area contributed by atoms with Crippen molar-refractivity contribution in [3.63, 3.8) is 0 Å². The molecule has 0 fully saturated rings. The number of nitrogens with one attached hydrogen (secondary N) is 1. The van der Waals surface area contributed by atoms with E-state index in [2.05, 4.69) is 48.0 Å². The third-order valence-electron chi connectivity index (χ3n) is 3.18. The predicted octanol–water partition coefficient (Wildman–Crippen LogP) is 2.99. The second kappa shape index (κ2) is 6.55. The Hall–Kier alpha value is -1.35. The summed E-state index contributed by atoms with van der Waals surface area (Å²) in [5.41, 5.74) is 2.40. The average Bonchev–Trinajstić information content (AvgIpc) is 2.74. The highest BCUT2D eigenvalue weighted by Crippen LogP contribution is 2.17. The molecule has 3 heteroatoms. The number of imidazole rings is 1. The summed E-state index contributed by atoms with van der Waals surface area (Å²) in [4.78, 5) is 4.76. The van der Waals surface area contributed by atoms with Gasteiger partial charge in [0.05, 0.1) is 11.0 Å². The Balaban J connectivity index is 2.17. The summed E-state index contributed by atoms with van der Waals surface area (Å²) in [5, 5.41) is 3.37. The van der Waals surface area contributed by atoms with E-state index in [1.54, 1.807) is 0 Å². The second-order valence-corrected chi connectivity index (χ2v) is 4.63. The minimum Gasteiger partial charge on any atom is -0.328 e. The number of benzene rings is 1. The van der Waals surface area contributed by atoms with Crippen molar-refractivity contribution in [2.24, 2.45) is 0 Å². The molecule has 0 aliphatic rings. The van der Waals surface area contributed by atoms with Gasteiger partial charge in [0, 0.05) is 13.0 Å². The van der Waals surface area contributed by atoms with Gasteiger partial charge in [-0.05, 0) is 38.1 Å². The first kappa shape index (κ1) is 13.1. The maximum absolute atomic E-state index is 4.76. The summed E-state index contributed by atoms with van der Waals surface area (Å²) >= 11 is 0. The first-order valence-electron chi connectivity index (χ1n) is 7.01. The SMILES string of the molecule is CCCn1c(CCCNCC)nc2ccccc21. The van der Waals surface area contributed by atoms with Gasteiger partial charge < -0.3 is 9.88 Å². The Morgan fingerprint density at radius 1 is 1.22 bits per heavy atom. The molecule has 2 rings (SSSR count). The van der Waals surface area contributed by atoms with Crippen molar-refractivity contribution in [2.45, 2.75) is 39.7 Å². The van der Waals surface area contributed by atoms with Gasteiger partial charge in [0.1, 0.15) is 5.82 Å². The molecular weight excluding hydrogens is 222 g/mol. The molecule has 3 nitrogen and oxygen atoms in total. The van der Waals surface area contributed by atoms with Crippen LogP contribution in [0, 0.1) is 0 Å². The second-order valence-electron chi connectivity index (χ2n) is 4.63. The van der Waals surface area contributed by atoms with Crippen molar-refractivity contribution in [3.05, 3.63) is 30.1 Å². The van der Waals surface area contributed by atoms with E-state index in [9.17, 15) is 0 Å². The van der Waals surface area contributed by atoms with E-state index >= 15 is 0 Å². The minimum atomic E-state index is 1.05. The van der Waals surface area contributed by atoms with Crippen molar-refractivity contribution in [1.29, 1.82) is 0 Å². The summed E-state index contributed by atoms with van der Waals surface area (Å²) in [6.45, 7) is 7.55. The molecule has 0 aliphatic heterocycles. The quantitative estimate of drug-likeness (QED) is 0.760. The lowest BCUT2D eigenvalue weighted by Crippen LogP contribution is -2.15. The Labute approximate surface area is 109 Å². The van der Waals surface area contributed by atoms with Crippen LogP contribution >= 0.6 is 0 Å². The number of nitrogens with zero attached hydrogens (tertiary/aromatic N) is 2. The van der Waals surface area contributed by atoms with E-state index in [1.165, 1.54) is 11.3 Å². The number of rotatable bonds is 7. The van der Waals surface area contributed by atoms with Gasteiger partial charge in [-0.3, -0.25) is 0 Å². The van der Waals surface area contributed by atoms with Gasteiger partial charge in [-0.25, -0.2) is 4.98 Å². The molecule has 1 aromatic heterocycles. The highest BCUT2D eigenvalue weighted by atomic mass is 15.1. The van der Waals surface area contributed by atoms with Crippen molar-refractivity contribution >= 4 is 11.0 Å². The fourth-order valence-electron chi connectivity index (χ4n) is 2.34. The highest BCUT2D eigenvalue weighted by Gasteiger charge is 2.08. The van der Waals surface area contributed by atoms with Crippen LogP contribution in [0.1, 0.15) is 32.5 Å². The van der Waals surface area contributed by atoms with Gasteiger partial charge in [0.25, 0.3) is 0 Å². The van der Waals surface area contributed by atoms with Crippen LogP contribution in [0.3, 0.4) is 0 Å². The van der Waals surface area contributed by atoms with Crippen LogP contribution in [0.5, 0.6) is 0 Å². The van der Waals surface area contributed by atoms with Gasteiger partial charge in [-0.2, -0.15) is 0 Å². The summed E-state index contributed by atoms with van der Waals surface area (Å²) in [6, 6.07) is 8.44. The van der Waals surface area contributed by atoms with E-state index in [0.29, 0.717) is 0 Å². The van der Waals surface area contributed by atoms with Crippen LogP contribution < -0.4 is 5.32 Å². The van der Waals surface area contributed by atoms with Gasteiger partial charge in [-0.15, -0.1) is 0 Å². The zero-order valence-electron chi connectivity index (χ0n) is 11.4. The molecule has 0 saturated carbocycles. The number of hydrogen-bond donors (Lipinski definition) is 1. The van der Waals surface area contributed by atoms with Gasteiger partial charge in [0.15, 0.2) is 0 Å². The van der Waals surface area contributed by atoms with Crippen LogP contribution in [0.25, 0.3) is 11.0 Å². The number of para-hydroxylation sites is 2. The molecule has 0 unspecified atom stereocenters. The molecule has 1 aromatic carbocycles. The van der Waals surface area contributed by atoms with E-state index in [0.717, 1.165) is 44.4 Å². The van der Waals surface area contributed by atoms with Crippen LogP contribution in [-0.2, 0) is 13.0 Å². The summed E-state index contributed by atoms with van der Waals surface area (Å²) in [6.07, 6.45) is 3.36. The van der Waals surface area contributed by atoms with Gasteiger partial charge >= 0.3 is 0 Å². The van der Waals surface area contributed by atoms with Gasteiger partial charge in [-0.1, -0.05) is 26.0 Å². The Bertz CT molecular complexity index is 487. The third-order valence-corrected chi connectivity index (χ3v) is 3.18. The number of aryl methyl sites for hydroxylation is 2. The van der Waals surface area contributed by atoms with Crippen molar-refractivity contribution in [3.8, 4) is 0 Å². The predicted molar refractivity (Wildman–Crippen MR) is 76.9 cm³/mol. The smallest absolute Gasteiger partial charge is 0.109 e. The lowest BCUT2D eigenvalue weighted by Gasteiger charge is -2.07. The number of aromatic nitrogens is 2. The van der Waals surface area contributed by atoms with E-state index < -0.39 is 0 Å². The highest BCUT2D eigenvalue weighted by molar-refractivity contribution is 5.75. The summed E-state index contributed by atoms with van der Waals surface area (Å²) in [5.74, 6) is 1.23. The summed E-state index contributed by atoms with van der Waals surface area (Å²) < 4.78 is 2.38. The van der Waals surface area contributed by atoms with Crippen molar-refractivity contribution < 1.29 is 0 Å². The van der Waals surface area contributed by atoms with Crippen molar-refractivity contribution in [2.75, 3.05) is 13.1 Å². The lowest BCUT2D eigenvalue weighted by molar-refractivity contribution is 0.613. The molecule has 0 aliphatic carbocycles. The maximum atomic E-state index is 4.76. The molecule has 0 spiro atoms. The Morgan fingerprint density at radius 3 is 2.83 bits per heavy atom. The molecule has 0 amide bonds. The largest absolute Gasteiger partial charge is 0.328 e. The van der Waals surface area contributed by atoms with Gasteiger partial charge in [0.2, 0.25) is 0 Å². The molecule has 0 bridgehead atoms. The zero-order valence-corrected chi connectivity index (χ0v) is 11.4. The molecule has 18 heavy (non-hydrogen) atoms. The van der Waals surface area contributed by atoms with Crippen molar-refractivity contribution in [1.82, 2.24) is 14.9 Å². The average molecular weight is 245 g/mol. The Morgan fingerprint density at radius 2 is 2.06 bits per heavy atom. The molecule has 0 radical (unpaired) electrons. The third kappa shape index (κ3) is 2.91. The zero-order chi connectivity index (χ0) is 12.8. The molecule has 1 N–H and O–H groups in total. The summed E-state index contributed by atoms with van der Waals surface area (Å²) in [7, 11) is 0. The molecular formula is C15H23N3. The monoisotopic (exact) mass is 245 g/mol. The number of hydrogen-bond acceptors (Lipinski definition) is 2. The molecule has 98 valence electrons. The first-order chi connectivity index (χ1) is 8.86. The standard InChI is InChI=1S/C15H23N3/c1-3-12-18-14-9-6-5-8-13(14)17-15(18)10-7-11-16-4-2/h5-6,8-9,16H,3-4,7,10-12H2,1-2H3. The van der Waals surface area contributed by atoms with E-state index in [1.807, 2.05) is 0 Å². The number of fused-ring (bicyclic) bond motifs is 1. The lowest BCUT2D eigenvalue weighted by atomic mass is 10.3. The van der Waals surface area contributed by atoms with Crippen LogP contribution in [-0.4, -0.2) is 22.6 Å². The molecule has 0 saturated heterocycles. The molecule has 2 aromatic rings. The van der Waals surface area contributed by atoms with Crippen LogP contribution in [0.15, 0.2) is 24.3 Å². The molecule has 0 atom stereocenters. The normalized spacial score (nSPS) is 11.2. The van der Waals surface area contributed by atoms with Crippen LogP contribution in [0.2, 0.25) is 0 Å². The minimum absolute atomic E-state index is 1.05. The molecule has 1 heterocycles. The Kier molecular flexibility index (Phi) is 4.76. The maximum Gasteiger partial charge on any atom is 0.109 e. The van der Waals surface area contributed by atoms with E-state index in [-0.39, 0.29) is 0 Å². The fraction of sp³-hybridized carbons (Fsp3) is 0.533. The van der Waals surface area contributed by atoms with Crippen LogP contribution in [0.4, 0.5) is 0 Å². The fourth-order valence-corrected chi connectivity index (χ4v) is 2.34.